The van der Waals surface area contributed by atoms with E-state index in [2.05, 4.69) is 5.48 Å². The van der Waals surface area contributed by atoms with Crippen LogP contribution in [0.5, 0.6) is 0 Å². The third-order valence-electron chi connectivity index (χ3n) is 4.23. The van der Waals surface area contributed by atoms with Gasteiger partial charge in [-0.3, -0.25) is 20.3 Å². The Morgan fingerprint density at radius 1 is 0.893 bits per heavy atom. The van der Waals surface area contributed by atoms with E-state index >= 15 is 0 Å². The number of anilines is 1. The van der Waals surface area contributed by atoms with Gasteiger partial charge in [0.15, 0.2) is 0 Å². The van der Waals surface area contributed by atoms with E-state index in [9.17, 15) is 4.79 Å². The summed E-state index contributed by atoms with van der Waals surface area (Å²) in [5.41, 5.74) is 8.09. The average molecular weight is 374 g/mol. The van der Waals surface area contributed by atoms with Crippen molar-refractivity contribution in [2.45, 2.75) is 5.92 Å². The molecule has 0 saturated heterocycles. The quantitative estimate of drug-likeness (QED) is 0.311. The molecule has 1 unspecified atom stereocenters. The second-order valence-electron chi connectivity index (χ2n) is 6.17. The van der Waals surface area contributed by atoms with Crippen LogP contribution in [0.4, 0.5) is 5.69 Å². The van der Waals surface area contributed by atoms with Gasteiger partial charge in [0.25, 0.3) is 5.91 Å². The lowest BCUT2D eigenvalue weighted by molar-refractivity contribution is -0.129. The molecule has 0 bridgehead atoms. The molecule has 0 fully saturated rings. The van der Waals surface area contributed by atoms with Gasteiger partial charge in [0.1, 0.15) is 0 Å². The van der Waals surface area contributed by atoms with Crippen molar-refractivity contribution in [3.05, 3.63) is 108 Å². The average Bonchev–Trinajstić information content (AvgIpc) is 2.76. The molecule has 0 aliphatic carbocycles. The number of hydroxylamine groups is 1. The van der Waals surface area contributed by atoms with Crippen molar-refractivity contribution in [3.63, 3.8) is 0 Å². The van der Waals surface area contributed by atoms with E-state index in [0.717, 1.165) is 22.4 Å². The number of carbonyl (C=O) groups is 1. The van der Waals surface area contributed by atoms with Crippen LogP contribution >= 0.6 is 0 Å². The van der Waals surface area contributed by atoms with Crippen LogP contribution in [0.2, 0.25) is 0 Å². The summed E-state index contributed by atoms with van der Waals surface area (Å²) >= 11 is 0. The van der Waals surface area contributed by atoms with Gasteiger partial charge < -0.3 is 0 Å². The Morgan fingerprint density at radius 3 is 2.14 bits per heavy atom. The van der Waals surface area contributed by atoms with Gasteiger partial charge >= 0.3 is 0 Å². The number of carbonyl (C=O) groups excluding carboxylic acids is 1. The van der Waals surface area contributed by atoms with Crippen LogP contribution in [-0.4, -0.2) is 17.7 Å². The number of benzene rings is 3. The van der Waals surface area contributed by atoms with Gasteiger partial charge in [0, 0.05) is 0 Å². The molecule has 3 aromatic carbocycles. The summed E-state index contributed by atoms with van der Waals surface area (Å²) < 4.78 is 0. The van der Waals surface area contributed by atoms with Crippen molar-refractivity contribution < 1.29 is 14.8 Å². The van der Waals surface area contributed by atoms with E-state index in [-0.39, 0.29) is 0 Å². The lowest BCUT2D eigenvalue weighted by Gasteiger charge is -2.16. The molecule has 0 spiro atoms. The highest BCUT2D eigenvalue weighted by molar-refractivity contribution is 5.86. The zero-order valence-electron chi connectivity index (χ0n) is 15.3. The maximum Gasteiger partial charge on any atom is 0.255 e. The first kappa shape index (κ1) is 19.4. The van der Waals surface area contributed by atoms with E-state index < -0.39 is 11.8 Å². The fourth-order valence-corrected chi connectivity index (χ4v) is 2.87. The summed E-state index contributed by atoms with van der Waals surface area (Å²) in [6, 6.07) is 26.6. The predicted octanol–water partition coefficient (Wildman–Crippen LogP) is 4.38. The molecule has 1 atom stereocenters. The molecule has 3 aromatic rings. The molecule has 0 aromatic heterocycles. The van der Waals surface area contributed by atoms with Crippen LogP contribution < -0.4 is 11.0 Å². The Bertz CT molecular complexity index is 894. The number of hydrogen-bond acceptors (Lipinski definition) is 4. The Morgan fingerprint density at radius 2 is 1.50 bits per heavy atom. The van der Waals surface area contributed by atoms with Gasteiger partial charge in [-0.15, -0.1) is 0 Å². The highest BCUT2D eigenvalue weighted by Crippen LogP contribution is 2.26. The summed E-state index contributed by atoms with van der Waals surface area (Å²) in [6.45, 7) is 0.413. The second-order valence-corrected chi connectivity index (χ2v) is 6.17. The lowest BCUT2D eigenvalue weighted by Crippen LogP contribution is -2.27. The molecule has 1 amide bonds. The molecule has 0 aliphatic rings. The van der Waals surface area contributed by atoms with E-state index in [1.807, 2.05) is 97.1 Å². The highest BCUT2D eigenvalue weighted by Gasteiger charge is 2.22. The topological polar surface area (TPSA) is 70.6 Å². The van der Waals surface area contributed by atoms with Gasteiger partial charge in [0.2, 0.25) is 0 Å². The van der Waals surface area contributed by atoms with Crippen LogP contribution in [0, 0.1) is 0 Å². The minimum absolute atomic E-state index is 0.413. The number of amides is 1. The molecular weight excluding hydrogens is 352 g/mol. The fraction of sp³-hybridized carbons (Fsp3) is 0.0870. The van der Waals surface area contributed by atoms with Crippen LogP contribution in [-0.2, 0) is 9.63 Å². The van der Waals surface area contributed by atoms with E-state index in [1.165, 1.54) is 0 Å². The Balaban J connectivity index is 1.59. The van der Waals surface area contributed by atoms with Gasteiger partial charge in [-0.25, -0.2) is 5.48 Å². The minimum atomic E-state index is -0.588. The fourth-order valence-electron chi connectivity index (χ4n) is 2.87. The maximum absolute atomic E-state index is 12.1. The molecule has 5 heteroatoms. The number of nitrogens with one attached hydrogen (secondary N) is 2. The first-order valence-electron chi connectivity index (χ1n) is 8.96. The highest BCUT2D eigenvalue weighted by atomic mass is 16.6. The van der Waals surface area contributed by atoms with Gasteiger partial charge in [-0.1, -0.05) is 84.9 Å². The monoisotopic (exact) mass is 374 g/mol. The summed E-state index contributed by atoms with van der Waals surface area (Å²) in [5.74, 6) is -1.07. The third-order valence-corrected chi connectivity index (χ3v) is 4.23. The molecule has 5 nitrogen and oxygen atoms in total. The maximum atomic E-state index is 12.1. The summed E-state index contributed by atoms with van der Waals surface area (Å²) in [7, 11) is 0. The smallest absolute Gasteiger partial charge is 0.255 e. The van der Waals surface area contributed by atoms with Crippen molar-refractivity contribution in [2.75, 3.05) is 12.1 Å². The molecule has 28 heavy (non-hydrogen) atoms. The zero-order chi connectivity index (χ0) is 19.6. The molecule has 3 rings (SSSR count). The minimum Gasteiger partial charge on any atom is -0.289 e. The molecular formula is C23H22N2O3. The van der Waals surface area contributed by atoms with Crippen molar-refractivity contribution in [2.24, 2.45) is 0 Å². The number of rotatable bonds is 8. The van der Waals surface area contributed by atoms with Crippen LogP contribution in [0.25, 0.3) is 6.08 Å². The largest absolute Gasteiger partial charge is 0.289 e. The predicted molar refractivity (Wildman–Crippen MR) is 110 cm³/mol. The number of hydrogen-bond donors (Lipinski definition) is 3. The lowest BCUT2D eigenvalue weighted by atomic mass is 9.90. The molecule has 3 N–H and O–H groups in total. The molecule has 0 radical (unpaired) electrons. The van der Waals surface area contributed by atoms with Crippen LogP contribution in [0.15, 0.2) is 91.0 Å². The van der Waals surface area contributed by atoms with Crippen molar-refractivity contribution in [1.82, 2.24) is 5.48 Å². The molecule has 0 aliphatic heterocycles. The Hall–Kier alpha value is -3.41. The van der Waals surface area contributed by atoms with E-state index in [4.69, 9.17) is 10.0 Å². The summed E-state index contributed by atoms with van der Waals surface area (Å²) in [4.78, 5) is 17.6. The summed E-state index contributed by atoms with van der Waals surface area (Å²) in [6.07, 6.45) is 3.91. The standard InChI is InChI=1S/C23H22N2O3/c26-23(24-27)22(19-11-5-2-6-12-19)20-13-15-21(16-14-20)25-28-17-7-10-18-8-3-1-4-9-18/h1-16,22,25,27H,17H2,(H,24,26)/b10-7+. The SMILES string of the molecule is O=C(NO)C(c1ccccc1)c1ccc(NOC/C=C/c2ccccc2)cc1. The molecule has 0 saturated carbocycles. The first-order chi connectivity index (χ1) is 13.8. The van der Waals surface area contributed by atoms with Gasteiger partial charge in [-0.05, 0) is 28.8 Å². The van der Waals surface area contributed by atoms with Crippen molar-refractivity contribution in [1.29, 1.82) is 0 Å². The molecule has 142 valence electrons. The Kier molecular flexibility index (Phi) is 6.95. The Labute approximate surface area is 164 Å². The van der Waals surface area contributed by atoms with Gasteiger partial charge in [0.05, 0.1) is 18.2 Å². The normalized spacial score (nSPS) is 11.9. The van der Waals surface area contributed by atoms with E-state index in [1.54, 1.807) is 5.48 Å². The van der Waals surface area contributed by atoms with Crippen LogP contribution in [0.1, 0.15) is 22.6 Å². The summed E-state index contributed by atoms with van der Waals surface area (Å²) in [5, 5.41) is 9.09. The van der Waals surface area contributed by atoms with E-state index in [0.29, 0.717) is 6.61 Å². The van der Waals surface area contributed by atoms with Gasteiger partial charge in [-0.2, -0.15) is 0 Å². The second kappa shape index (κ2) is 10.1. The van der Waals surface area contributed by atoms with Crippen molar-refractivity contribution >= 4 is 17.7 Å². The third kappa shape index (κ3) is 5.30. The first-order valence-corrected chi connectivity index (χ1v) is 8.96. The molecule has 0 heterocycles. The van der Waals surface area contributed by atoms with Crippen molar-refractivity contribution in [3.8, 4) is 0 Å². The van der Waals surface area contributed by atoms with Crippen LogP contribution in [0.3, 0.4) is 0 Å². The zero-order valence-corrected chi connectivity index (χ0v) is 15.3.